The summed E-state index contributed by atoms with van der Waals surface area (Å²) in [4.78, 5) is 23.3. The van der Waals surface area contributed by atoms with E-state index in [1.807, 2.05) is 0 Å². The van der Waals surface area contributed by atoms with Crippen molar-refractivity contribution in [1.29, 1.82) is 0 Å². The number of primary amides is 1. The normalized spacial score (nSPS) is 21.8. The number of halogens is 2. The molecule has 0 spiro atoms. The molecular formula is C14H17BrFN3O2. The van der Waals surface area contributed by atoms with Crippen LogP contribution in [0.1, 0.15) is 36.0 Å². The van der Waals surface area contributed by atoms with E-state index in [4.69, 9.17) is 11.5 Å². The molecule has 0 unspecified atom stereocenters. The molecule has 1 fully saturated rings. The fourth-order valence-corrected chi connectivity index (χ4v) is 3.02. The lowest BCUT2D eigenvalue weighted by atomic mass is 9.85. The second kappa shape index (κ2) is 6.43. The van der Waals surface area contributed by atoms with Crippen LogP contribution >= 0.6 is 15.9 Å². The largest absolute Gasteiger partial charge is 0.396 e. The SMILES string of the molecule is NC(=O)C1CCC(NC(=O)c2cc(N)c(F)cc2Br)CC1. The van der Waals surface area contributed by atoms with Gasteiger partial charge in [-0.1, -0.05) is 0 Å². The zero-order valence-electron chi connectivity index (χ0n) is 11.4. The number of nitrogen functional groups attached to an aromatic ring is 1. The number of hydrogen-bond acceptors (Lipinski definition) is 3. The molecule has 0 aliphatic heterocycles. The van der Waals surface area contributed by atoms with Gasteiger partial charge in [0.05, 0.1) is 11.3 Å². The van der Waals surface area contributed by atoms with Gasteiger partial charge in [0.25, 0.3) is 5.91 Å². The van der Waals surface area contributed by atoms with E-state index in [1.165, 1.54) is 12.1 Å². The molecule has 0 saturated heterocycles. The summed E-state index contributed by atoms with van der Waals surface area (Å²) in [5.74, 6) is -1.27. The number of carbonyl (C=O) groups is 2. The molecule has 0 bridgehead atoms. The average molecular weight is 358 g/mol. The molecule has 1 saturated carbocycles. The number of anilines is 1. The summed E-state index contributed by atoms with van der Waals surface area (Å²) in [6.07, 6.45) is 2.75. The highest BCUT2D eigenvalue weighted by Crippen LogP contribution is 2.26. The number of nitrogens with one attached hydrogen (secondary N) is 1. The summed E-state index contributed by atoms with van der Waals surface area (Å²) >= 11 is 3.16. The van der Waals surface area contributed by atoms with Crippen LogP contribution in [-0.2, 0) is 4.79 Å². The van der Waals surface area contributed by atoms with Crippen molar-refractivity contribution in [2.45, 2.75) is 31.7 Å². The fraction of sp³-hybridized carbons (Fsp3) is 0.429. The van der Waals surface area contributed by atoms with Crippen LogP contribution in [-0.4, -0.2) is 17.9 Å². The van der Waals surface area contributed by atoms with Crippen molar-refractivity contribution in [2.24, 2.45) is 11.7 Å². The Balaban J connectivity index is 2.00. The average Bonchev–Trinajstić information content (AvgIpc) is 2.43. The molecule has 0 aromatic heterocycles. The highest BCUT2D eigenvalue weighted by molar-refractivity contribution is 9.10. The molecule has 1 aliphatic carbocycles. The molecule has 0 heterocycles. The van der Waals surface area contributed by atoms with Crippen molar-refractivity contribution < 1.29 is 14.0 Å². The van der Waals surface area contributed by atoms with Crippen LogP contribution in [0.2, 0.25) is 0 Å². The summed E-state index contributed by atoms with van der Waals surface area (Å²) in [7, 11) is 0. The fourth-order valence-electron chi connectivity index (χ4n) is 2.53. The van der Waals surface area contributed by atoms with Crippen LogP contribution < -0.4 is 16.8 Å². The molecule has 0 atom stereocenters. The van der Waals surface area contributed by atoms with E-state index in [-0.39, 0.29) is 29.5 Å². The van der Waals surface area contributed by atoms with Gasteiger partial charge in [-0.2, -0.15) is 0 Å². The van der Waals surface area contributed by atoms with E-state index in [1.54, 1.807) is 0 Å². The maximum absolute atomic E-state index is 13.3. The van der Waals surface area contributed by atoms with E-state index in [9.17, 15) is 14.0 Å². The number of rotatable bonds is 3. The van der Waals surface area contributed by atoms with Gasteiger partial charge >= 0.3 is 0 Å². The third kappa shape index (κ3) is 3.72. The monoisotopic (exact) mass is 357 g/mol. The van der Waals surface area contributed by atoms with E-state index in [2.05, 4.69) is 21.2 Å². The van der Waals surface area contributed by atoms with Gasteiger partial charge in [0.1, 0.15) is 5.82 Å². The first-order valence-corrected chi connectivity index (χ1v) is 7.52. The molecule has 1 aliphatic rings. The summed E-state index contributed by atoms with van der Waals surface area (Å²) in [6.45, 7) is 0. The minimum absolute atomic E-state index is 0.00808. The summed E-state index contributed by atoms with van der Waals surface area (Å²) < 4.78 is 13.6. The van der Waals surface area contributed by atoms with Crippen molar-refractivity contribution >= 4 is 33.4 Å². The van der Waals surface area contributed by atoms with Gasteiger partial charge in [0.2, 0.25) is 5.91 Å². The highest BCUT2D eigenvalue weighted by Gasteiger charge is 2.26. The van der Waals surface area contributed by atoms with Crippen LogP contribution in [0.4, 0.5) is 10.1 Å². The predicted molar refractivity (Wildman–Crippen MR) is 80.9 cm³/mol. The maximum Gasteiger partial charge on any atom is 0.252 e. The Labute approximate surface area is 130 Å². The van der Waals surface area contributed by atoms with Crippen LogP contribution in [0.25, 0.3) is 0 Å². The second-order valence-corrected chi connectivity index (χ2v) is 6.13. The van der Waals surface area contributed by atoms with Crippen LogP contribution in [0.15, 0.2) is 16.6 Å². The smallest absolute Gasteiger partial charge is 0.252 e. The van der Waals surface area contributed by atoms with Crippen molar-refractivity contribution in [3.8, 4) is 0 Å². The third-order valence-electron chi connectivity index (χ3n) is 3.80. The lowest BCUT2D eigenvalue weighted by molar-refractivity contribution is -0.122. The lowest BCUT2D eigenvalue weighted by Gasteiger charge is -2.27. The van der Waals surface area contributed by atoms with Gasteiger partial charge in [-0.15, -0.1) is 0 Å². The molecule has 1 aromatic carbocycles. The van der Waals surface area contributed by atoms with E-state index in [0.29, 0.717) is 35.7 Å². The Morgan fingerprint density at radius 3 is 2.43 bits per heavy atom. The molecule has 7 heteroatoms. The Morgan fingerprint density at radius 1 is 1.24 bits per heavy atom. The first kappa shape index (κ1) is 15.8. The minimum atomic E-state index is -0.569. The zero-order chi connectivity index (χ0) is 15.6. The van der Waals surface area contributed by atoms with Crippen LogP contribution in [0, 0.1) is 11.7 Å². The van der Waals surface area contributed by atoms with Gasteiger partial charge < -0.3 is 16.8 Å². The molecule has 5 N–H and O–H groups in total. The Bertz CT molecular complexity index is 572. The first-order chi connectivity index (χ1) is 9.88. The molecule has 21 heavy (non-hydrogen) atoms. The topological polar surface area (TPSA) is 98.2 Å². The quantitative estimate of drug-likeness (QED) is 0.721. The van der Waals surface area contributed by atoms with E-state index < -0.39 is 5.82 Å². The van der Waals surface area contributed by atoms with Gasteiger partial charge in [0.15, 0.2) is 0 Å². The first-order valence-electron chi connectivity index (χ1n) is 6.73. The number of benzene rings is 1. The van der Waals surface area contributed by atoms with Crippen molar-refractivity contribution in [3.05, 3.63) is 28.0 Å². The van der Waals surface area contributed by atoms with Crippen molar-refractivity contribution in [2.75, 3.05) is 5.73 Å². The Morgan fingerprint density at radius 2 is 1.86 bits per heavy atom. The number of carbonyl (C=O) groups excluding carboxylic acids is 2. The number of hydrogen-bond donors (Lipinski definition) is 3. The lowest BCUT2D eigenvalue weighted by Crippen LogP contribution is -2.39. The molecule has 114 valence electrons. The second-order valence-electron chi connectivity index (χ2n) is 5.28. The molecular weight excluding hydrogens is 341 g/mol. The van der Waals surface area contributed by atoms with Gasteiger partial charge in [-0.05, 0) is 53.7 Å². The summed E-state index contributed by atoms with van der Waals surface area (Å²) in [5, 5.41) is 2.88. The van der Waals surface area contributed by atoms with Gasteiger partial charge in [-0.3, -0.25) is 9.59 Å². The molecule has 2 rings (SSSR count). The molecule has 5 nitrogen and oxygen atoms in total. The zero-order valence-corrected chi connectivity index (χ0v) is 13.0. The third-order valence-corrected chi connectivity index (χ3v) is 4.45. The Hall–Kier alpha value is -1.63. The predicted octanol–water partition coefficient (Wildman–Crippen LogP) is 1.94. The summed E-state index contributed by atoms with van der Waals surface area (Å²) in [6, 6.07) is 2.48. The molecule has 0 radical (unpaired) electrons. The Kier molecular flexibility index (Phi) is 4.82. The van der Waals surface area contributed by atoms with Gasteiger partial charge in [0, 0.05) is 16.4 Å². The van der Waals surface area contributed by atoms with E-state index in [0.717, 1.165) is 0 Å². The number of amides is 2. The van der Waals surface area contributed by atoms with Crippen LogP contribution in [0.3, 0.4) is 0 Å². The van der Waals surface area contributed by atoms with Gasteiger partial charge in [-0.25, -0.2) is 4.39 Å². The standard InChI is InChI=1S/C14H17BrFN3O2/c15-10-6-11(16)12(17)5-9(10)14(21)19-8-3-1-7(2-4-8)13(18)20/h5-8H,1-4,17H2,(H2,18,20)(H,19,21). The van der Waals surface area contributed by atoms with E-state index >= 15 is 0 Å². The number of nitrogens with two attached hydrogens (primary N) is 2. The highest BCUT2D eigenvalue weighted by atomic mass is 79.9. The summed E-state index contributed by atoms with van der Waals surface area (Å²) in [5.41, 5.74) is 11.0. The van der Waals surface area contributed by atoms with Crippen molar-refractivity contribution in [3.63, 3.8) is 0 Å². The van der Waals surface area contributed by atoms with Crippen molar-refractivity contribution in [1.82, 2.24) is 5.32 Å². The minimum Gasteiger partial charge on any atom is -0.396 e. The molecule has 2 amide bonds. The van der Waals surface area contributed by atoms with Crippen LogP contribution in [0.5, 0.6) is 0 Å². The maximum atomic E-state index is 13.3. The molecule has 1 aromatic rings.